The summed E-state index contributed by atoms with van der Waals surface area (Å²) in [5, 5.41) is 3.12. The highest BCUT2D eigenvalue weighted by Gasteiger charge is 2.03. The fourth-order valence-corrected chi connectivity index (χ4v) is 2.14. The summed E-state index contributed by atoms with van der Waals surface area (Å²) in [6.07, 6.45) is 2.05. The predicted molar refractivity (Wildman–Crippen MR) is 83.8 cm³/mol. The van der Waals surface area contributed by atoms with Crippen LogP contribution in [-0.2, 0) is 13.0 Å². The SMILES string of the molecule is CNCCCc1ccc(OCc2cccc(F)c2)c(N)c1. The monoisotopic (exact) mass is 288 g/mol. The van der Waals surface area contributed by atoms with Crippen LogP contribution in [0.5, 0.6) is 5.75 Å². The van der Waals surface area contributed by atoms with E-state index in [2.05, 4.69) is 5.32 Å². The second-order valence-electron chi connectivity index (χ2n) is 5.00. The number of halogens is 1. The minimum absolute atomic E-state index is 0.260. The molecule has 0 saturated heterocycles. The Bertz CT molecular complexity index is 587. The third kappa shape index (κ3) is 4.76. The van der Waals surface area contributed by atoms with Gasteiger partial charge in [0.15, 0.2) is 0 Å². The number of hydrogen-bond acceptors (Lipinski definition) is 3. The molecule has 4 heteroatoms. The van der Waals surface area contributed by atoms with Crippen LogP contribution in [0.25, 0.3) is 0 Å². The van der Waals surface area contributed by atoms with E-state index < -0.39 is 0 Å². The second kappa shape index (κ2) is 7.64. The standard InChI is InChI=1S/C17H21FN2O/c1-20-9-3-5-13-7-8-17(16(19)11-13)21-12-14-4-2-6-15(18)10-14/h2,4,6-8,10-11,20H,3,5,9,12,19H2,1H3. The van der Waals surface area contributed by atoms with Crippen molar-refractivity contribution in [2.45, 2.75) is 19.4 Å². The van der Waals surface area contributed by atoms with Crippen molar-refractivity contribution in [2.75, 3.05) is 19.3 Å². The zero-order chi connectivity index (χ0) is 15.1. The molecule has 2 aromatic rings. The average Bonchev–Trinajstić information content (AvgIpc) is 2.47. The zero-order valence-electron chi connectivity index (χ0n) is 12.2. The van der Waals surface area contributed by atoms with Gasteiger partial charge in [0.2, 0.25) is 0 Å². The molecule has 0 aliphatic carbocycles. The van der Waals surface area contributed by atoms with Gasteiger partial charge in [0.1, 0.15) is 18.2 Å². The summed E-state index contributed by atoms with van der Waals surface area (Å²) in [4.78, 5) is 0. The molecule has 0 aliphatic rings. The molecule has 0 fully saturated rings. The number of ether oxygens (including phenoxy) is 1. The number of aryl methyl sites for hydroxylation is 1. The molecule has 0 heterocycles. The van der Waals surface area contributed by atoms with Gasteiger partial charge in [-0.05, 0) is 61.8 Å². The van der Waals surface area contributed by atoms with Gasteiger partial charge < -0.3 is 15.8 Å². The molecule has 0 spiro atoms. The molecule has 0 bridgehead atoms. The molecule has 21 heavy (non-hydrogen) atoms. The maximum atomic E-state index is 13.1. The molecule has 3 N–H and O–H groups in total. The molecule has 0 saturated carbocycles. The summed E-state index contributed by atoms with van der Waals surface area (Å²) in [7, 11) is 1.94. The molecule has 0 amide bonds. The van der Waals surface area contributed by atoms with E-state index in [9.17, 15) is 4.39 Å². The molecular weight excluding hydrogens is 267 g/mol. The lowest BCUT2D eigenvalue weighted by Crippen LogP contribution is -2.08. The van der Waals surface area contributed by atoms with Crippen LogP contribution in [-0.4, -0.2) is 13.6 Å². The first-order chi connectivity index (χ1) is 10.2. The van der Waals surface area contributed by atoms with Crippen LogP contribution in [0.2, 0.25) is 0 Å². The van der Waals surface area contributed by atoms with Gasteiger partial charge in [0.05, 0.1) is 5.69 Å². The van der Waals surface area contributed by atoms with E-state index in [4.69, 9.17) is 10.5 Å². The van der Waals surface area contributed by atoms with E-state index in [0.29, 0.717) is 18.0 Å². The van der Waals surface area contributed by atoms with Crippen molar-refractivity contribution >= 4 is 5.69 Å². The van der Waals surface area contributed by atoms with Crippen molar-refractivity contribution in [1.29, 1.82) is 0 Å². The Labute approximate surface area is 124 Å². The largest absolute Gasteiger partial charge is 0.487 e. The van der Waals surface area contributed by atoms with Crippen molar-refractivity contribution in [1.82, 2.24) is 5.32 Å². The molecule has 0 aliphatic heterocycles. The highest BCUT2D eigenvalue weighted by atomic mass is 19.1. The lowest BCUT2D eigenvalue weighted by Gasteiger charge is -2.11. The van der Waals surface area contributed by atoms with E-state index in [0.717, 1.165) is 24.9 Å². The minimum Gasteiger partial charge on any atom is -0.487 e. The Kier molecular flexibility index (Phi) is 5.58. The highest BCUT2D eigenvalue weighted by molar-refractivity contribution is 5.54. The minimum atomic E-state index is -0.260. The fraction of sp³-hybridized carbons (Fsp3) is 0.294. The van der Waals surface area contributed by atoms with Gasteiger partial charge in [-0.25, -0.2) is 4.39 Å². The van der Waals surface area contributed by atoms with Crippen LogP contribution >= 0.6 is 0 Å². The lowest BCUT2D eigenvalue weighted by atomic mass is 10.1. The van der Waals surface area contributed by atoms with Crippen LogP contribution in [0.3, 0.4) is 0 Å². The zero-order valence-corrected chi connectivity index (χ0v) is 12.2. The van der Waals surface area contributed by atoms with Crippen molar-refractivity contribution in [3.63, 3.8) is 0 Å². The highest BCUT2D eigenvalue weighted by Crippen LogP contribution is 2.24. The molecule has 3 nitrogen and oxygen atoms in total. The summed E-state index contributed by atoms with van der Waals surface area (Å²) in [5.74, 6) is 0.376. The van der Waals surface area contributed by atoms with Gasteiger partial charge in [-0.15, -0.1) is 0 Å². The Morgan fingerprint density at radius 3 is 2.71 bits per heavy atom. The number of benzene rings is 2. The Balaban J connectivity index is 1.94. The first kappa shape index (κ1) is 15.3. The van der Waals surface area contributed by atoms with Gasteiger partial charge in [-0.3, -0.25) is 0 Å². The van der Waals surface area contributed by atoms with E-state index in [-0.39, 0.29) is 5.82 Å². The third-order valence-corrected chi connectivity index (χ3v) is 3.25. The Morgan fingerprint density at radius 2 is 2.00 bits per heavy atom. The number of nitrogen functional groups attached to an aromatic ring is 1. The maximum absolute atomic E-state index is 13.1. The first-order valence-corrected chi connectivity index (χ1v) is 7.09. The number of rotatable bonds is 7. The normalized spacial score (nSPS) is 10.6. The Morgan fingerprint density at radius 1 is 1.14 bits per heavy atom. The lowest BCUT2D eigenvalue weighted by molar-refractivity contribution is 0.307. The van der Waals surface area contributed by atoms with Crippen LogP contribution in [0, 0.1) is 5.82 Å². The van der Waals surface area contributed by atoms with Gasteiger partial charge in [-0.1, -0.05) is 18.2 Å². The number of anilines is 1. The molecule has 0 unspecified atom stereocenters. The molecular formula is C17H21FN2O. The summed E-state index contributed by atoms with van der Waals surface area (Å²) in [6, 6.07) is 12.2. The van der Waals surface area contributed by atoms with Crippen LogP contribution in [0.4, 0.5) is 10.1 Å². The number of hydrogen-bond donors (Lipinski definition) is 2. The van der Waals surface area contributed by atoms with E-state index >= 15 is 0 Å². The smallest absolute Gasteiger partial charge is 0.142 e. The summed E-state index contributed by atoms with van der Waals surface area (Å²) in [6.45, 7) is 1.29. The van der Waals surface area contributed by atoms with Gasteiger partial charge in [0.25, 0.3) is 0 Å². The number of nitrogens with two attached hydrogens (primary N) is 1. The van der Waals surface area contributed by atoms with Crippen molar-refractivity contribution in [3.05, 3.63) is 59.4 Å². The molecule has 2 aromatic carbocycles. The average molecular weight is 288 g/mol. The molecule has 0 radical (unpaired) electrons. The van der Waals surface area contributed by atoms with Crippen LogP contribution < -0.4 is 15.8 Å². The molecule has 2 rings (SSSR count). The van der Waals surface area contributed by atoms with Crippen LogP contribution in [0.15, 0.2) is 42.5 Å². The maximum Gasteiger partial charge on any atom is 0.142 e. The second-order valence-corrected chi connectivity index (χ2v) is 5.00. The van der Waals surface area contributed by atoms with E-state index in [1.807, 2.05) is 31.3 Å². The van der Waals surface area contributed by atoms with Crippen molar-refractivity contribution in [2.24, 2.45) is 0 Å². The Hall–Kier alpha value is -2.07. The third-order valence-electron chi connectivity index (χ3n) is 3.25. The van der Waals surface area contributed by atoms with Crippen LogP contribution in [0.1, 0.15) is 17.5 Å². The fourth-order valence-electron chi connectivity index (χ4n) is 2.14. The van der Waals surface area contributed by atoms with E-state index in [1.54, 1.807) is 6.07 Å². The molecule has 112 valence electrons. The summed E-state index contributed by atoms with van der Waals surface area (Å²) in [5.41, 5.74) is 8.60. The molecule has 0 atom stereocenters. The quantitative estimate of drug-likeness (QED) is 0.608. The topological polar surface area (TPSA) is 47.3 Å². The summed E-state index contributed by atoms with van der Waals surface area (Å²) >= 11 is 0. The van der Waals surface area contributed by atoms with Crippen molar-refractivity contribution < 1.29 is 9.13 Å². The first-order valence-electron chi connectivity index (χ1n) is 7.09. The van der Waals surface area contributed by atoms with Gasteiger partial charge in [0, 0.05) is 0 Å². The van der Waals surface area contributed by atoms with Gasteiger partial charge >= 0.3 is 0 Å². The van der Waals surface area contributed by atoms with E-state index in [1.165, 1.54) is 17.7 Å². The van der Waals surface area contributed by atoms with Crippen molar-refractivity contribution in [3.8, 4) is 5.75 Å². The van der Waals surface area contributed by atoms with Gasteiger partial charge in [-0.2, -0.15) is 0 Å². The predicted octanol–water partition coefficient (Wildman–Crippen LogP) is 3.14. The summed E-state index contributed by atoms with van der Waals surface area (Å²) < 4.78 is 18.7. The molecule has 0 aromatic heterocycles. The number of nitrogens with one attached hydrogen (secondary N) is 1.